The summed E-state index contributed by atoms with van der Waals surface area (Å²) in [5, 5.41) is 0.263. The summed E-state index contributed by atoms with van der Waals surface area (Å²) in [7, 11) is 0. The monoisotopic (exact) mass is 283 g/mol. The van der Waals surface area contributed by atoms with Gasteiger partial charge in [0.25, 0.3) is 0 Å². The molecule has 0 N–H and O–H groups in total. The van der Waals surface area contributed by atoms with E-state index in [1.165, 1.54) is 42.7 Å². The van der Waals surface area contributed by atoms with Gasteiger partial charge in [-0.1, -0.05) is 11.6 Å². The van der Waals surface area contributed by atoms with E-state index in [2.05, 4.69) is 9.72 Å². The summed E-state index contributed by atoms with van der Waals surface area (Å²) in [6, 6.07) is 6.87. The van der Waals surface area contributed by atoms with Crippen LogP contribution in [0, 0.1) is 0 Å². The maximum Gasteiger partial charge on any atom is 0.387 e. The number of aromatic nitrogens is 1. The van der Waals surface area contributed by atoms with Crippen molar-refractivity contribution in [3.05, 3.63) is 58.9 Å². The number of carbonyl (C=O) groups is 1. The first-order valence-electron chi connectivity index (χ1n) is 5.27. The summed E-state index contributed by atoms with van der Waals surface area (Å²) in [5.41, 5.74) is 0.301. The number of nitrogens with zero attached hydrogens (tertiary/aromatic N) is 1. The molecule has 1 heterocycles. The molecule has 2 rings (SSSR count). The summed E-state index contributed by atoms with van der Waals surface area (Å²) in [6.07, 6.45) is 2.87. The zero-order chi connectivity index (χ0) is 13.8. The molecule has 6 heteroatoms. The Balaban J connectivity index is 2.43. The topological polar surface area (TPSA) is 39.2 Å². The Hall–Kier alpha value is -2.01. The SMILES string of the molecule is O=C(c1ccncc1)c1cc(Cl)ccc1OC(F)F. The molecule has 98 valence electrons. The Labute approximate surface area is 112 Å². The van der Waals surface area contributed by atoms with Gasteiger partial charge in [-0.15, -0.1) is 0 Å². The Morgan fingerprint density at radius 3 is 2.53 bits per heavy atom. The lowest BCUT2D eigenvalue weighted by atomic mass is 10.0. The van der Waals surface area contributed by atoms with Gasteiger partial charge < -0.3 is 4.74 Å². The van der Waals surface area contributed by atoms with Gasteiger partial charge in [-0.2, -0.15) is 8.78 Å². The van der Waals surface area contributed by atoms with Crippen molar-refractivity contribution < 1.29 is 18.3 Å². The van der Waals surface area contributed by atoms with E-state index in [0.29, 0.717) is 5.56 Å². The van der Waals surface area contributed by atoms with Crippen LogP contribution in [0.1, 0.15) is 15.9 Å². The Bertz CT molecular complexity index is 590. The Kier molecular flexibility index (Phi) is 4.06. The summed E-state index contributed by atoms with van der Waals surface area (Å²) >= 11 is 5.78. The first-order chi connectivity index (χ1) is 9.08. The Morgan fingerprint density at radius 2 is 1.89 bits per heavy atom. The number of benzene rings is 1. The minimum Gasteiger partial charge on any atom is -0.434 e. The molecule has 0 atom stereocenters. The van der Waals surface area contributed by atoms with E-state index in [9.17, 15) is 13.6 Å². The second-order valence-electron chi connectivity index (χ2n) is 3.58. The number of pyridine rings is 1. The summed E-state index contributed by atoms with van der Waals surface area (Å²) in [5.74, 6) is -0.665. The number of rotatable bonds is 4. The van der Waals surface area contributed by atoms with Crippen LogP contribution in [0.5, 0.6) is 5.75 Å². The van der Waals surface area contributed by atoms with E-state index in [1.54, 1.807) is 0 Å². The van der Waals surface area contributed by atoms with Crippen molar-refractivity contribution in [1.29, 1.82) is 0 Å². The predicted molar refractivity (Wildman–Crippen MR) is 65.8 cm³/mol. The highest BCUT2D eigenvalue weighted by molar-refractivity contribution is 6.31. The molecule has 0 unspecified atom stereocenters. The molecule has 0 spiro atoms. The minimum absolute atomic E-state index is 0.0148. The molecular formula is C13H8ClF2NO2. The fourth-order valence-corrected chi connectivity index (χ4v) is 1.71. The first-order valence-corrected chi connectivity index (χ1v) is 5.65. The molecule has 0 saturated heterocycles. The van der Waals surface area contributed by atoms with Crippen LogP contribution in [0.2, 0.25) is 5.02 Å². The van der Waals surface area contributed by atoms with Gasteiger partial charge in [0, 0.05) is 23.0 Å². The van der Waals surface area contributed by atoms with Crippen molar-refractivity contribution in [3.8, 4) is 5.75 Å². The number of hydrogen-bond donors (Lipinski definition) is 0. The predicted octanol–water partition coefficient (Wildman–Crippen LogP) is 3.57. The van der Waals surface area contributed by atoms with E-state index in [-0.39, 0.29) is 16.3 Å². The molecule has 0 amide bonds. The Morgan fingerprint density at radius 1 is 1.21 bits per heavy atom. The standard InChI is InChI=1S/C13H8ClF2NO2/c14-9-1-2-11(19-13(15)16)10(7-9)12(18)8-3-5-17-6-4-8/h1-7,13H. The first kappa shape index (κ1) is 13.4. The number of ether oxygens (including phenoxy) is 1. The average molecular weight is 284 g/mol. The van der Waals surface area contributed by atoms with Crippen molar-refractivity contribution >= 4 is 17.4 Å². The van der Waals surface area contributed by atoms with Gasteiger partial charge in [-0.05, 0) is 30.3 Å². The van der Waals surface area contributed by atoms with Crippen LogP contribution >= 0.6 is 11.6 Å². The van der Waals surface area contributed by atoms with E-state index < -0.39 is 12.4 Å². The van der Waals surface area contributed by atoms with Gasteiger partial charge in [0.2, 0.25) is 0 Å². The maximum absolute atomic E-state index is 12.3. The normalized spacial score (nSPS) is 10.5. The van der Waals surface area contributed by atoms with Crippen LogP contribution in [0.25, 0.3) is 0 Å². The van der Waals surface area contributed by atoms with Gasteiger partial charge in [0.05, 0.1) is 5.56 Å². The van der Waals surface area contributed by atoms with E-state index in [0.717, 1.165) is 0 Å². The van der Waals surface area contributed by atoms with Crippen molar-refractivity contribution in [3.63, 3.8) is 0 Å². The number of carbonyl (C=O) groups excluding carboxylic acids is 1. The van der Waals surface area contributed by atoms with Crippen molar-refractivity contribution in [1.82, 2.24) is 4.98 Å². The fourth-order valence-electron chi connectivity index (χ4n) is 1.54. The molecule has 0 bridgehead atoms. The molecule has 0 saturated carbocycles. The molecule has 0 radical (unpaired) electrons. The van der Waals surface area contributed by atoms with Crippen LogP contribution in [-0.4, -0.2) is 17.4 Å². The minimum atomic E-state index is -3.01. The van der Waals surface area contributed by atoms with Gasteiger partial charge in [-0.3, -0.25) is 9.78 Å². The summed E-state index contributed by atoms with van der Waals surface area (Å²) in [4.78, 5) is 16.0. The molecule has 1 aromatic carbocycles. The van der Waals surface area contributed by atoms with Gasteiger partial charge >= 0.3 is 6.61 Å². The molecule has 1 aromatic heterocycles. The quantitative estimate of drug-likeness (QED) is 0.805. The second kappa shape index (κ2) is 5.75. The van der Waals surface area contributed by atoms with Crippen LogP contribution in [-0.2, 0) is 0 Å². The van der Waals surface area contributed by atoms with E-state index >= 15 is 0 Å². The number of halogens is 3. The number of ketones is 1. The molecule has 0 aliphatic carbocycles. The molecule has 0 aliphatic heterocycles. The molecule has 0 fully saturated rings. The van der Waals surface area contributed by atoms with E-state index in [1.807, 2.05) is 0 Å². The summed E-state index contributed by atoms with van der Waals surface area (Å²) in [6.45, 7) is -3.01. The van der Waals surface area contributed by atoms with Gasteiger partial charge in [0.1, 0.15) is 5.75 Å². The molecule has 19 heavy (non-hydrogen) atoms. The van der Waals surface area contributed by atoms with E-state index in [4.69, 9.17) is 11.6 Å². The molecule has 3 nitrogen and oxygen atoms in total. The lowest BCUT2D eigenvalue weighted by molar-refractivity contribution is -0.0501. The van der Waals surface area contributed by atoms with Gasteiger partial charge in [0.15, 0.2) is 5.78 Å². The highest BCUT2D eigenvalue weighted by Gasteiger charge is 2.17. The lowest BCUT2D eigenvalue weighted by Crippen LogP contribution is -2.09. The third-order valence-corrected chi connectivity index (χ3v) is 2.58. The fraction of sp³-hybridized carbons (Fsp3) is 0.0769. The van der Waals surface area contributed by atoms with Crippen molar-refractivity contribution in [2.24, 2.45) is 0 Å². The summed E-state index contributed by atoms with van der Waals surface area (Å²) < 4.78 is 28.9. The number of alkyl halides is 2. The lowest BCUT2D eigenvalue weighted by Gasteiger charge is -2.10. The third kappa shape index (κ3) is 3.26. The third-order valence-electron chi connectivity index (χ3n) is 2.34. The van der Waals surface area contributed by atoms with Crippen LogP contribution in [0.3, 0.4) is 0 Å². The molecule has 2 aromatic rings. The zero-order valence-electron chi connectivity index (χ0n) is 9.52. The molecular weight excluding hydrogens is 276 g/mol. The second-order valence-corrected chi connectivity index (χ2v) is 4.02. The largest absolute Gasteiger partial charge is 0.434 e. The maximum atomic E-state index is 12.3. The van der Waals surface area contributed by atoms with Crippen molar-refractivity contribution in [2.75, 3.05) is 0 Å². The van der Waals surface area contributed by atoms with Crippen LogP contribution in [0.15, 0.2) is 42.7 Å². The van der Waals surface area contributed by atoms with Gasteiger partial charge in [-0.25, -0.2) is 0 Å². The molecule has 0 aliphatic rings. The average Bonchev–Trinajstić information content (AvgIpc) is 2.40. The zero-order valence-corrected chi connectivity index (χ0v) is 10.3. The highest BCUT2D eigenvalue weighted by Crippen LogP contribution is 2.26. The number of hydrogen-bond acceptors (Lipinski definition) is 3. The van der Waals surface area contributed by atoms with Crippen LogP contribution < -0.4 is 4.74 Å². The highest BCUT2D eigenvalue weighted by atomic mass is 35.5. The van der Waals surface area contributed by atoms with Crippen molar-refractivity contribution in [2.45, 2.75) is 6.61 Å². The smallest absolute Gasteiger partial charge is 0.387 e. The van der Waals surface area contributed by atoms with Crippen LogP contribution in [0.4, 0.5) is 8.78 Å².